The minimum absolute atomic E-state index is 0.0947. The zero-order chi connectivity index (χ0) is 22.9. The van der Waals surface area contributed by atoms with Crippen molar-refractivity contribution in [3.63, 3.8) is 0 Å². The van der Waals surface area contributed by atoms with Crippen LogP contribution in [0.1, 0.15) is 23.2 Å². The molecule has 168 valence electrons. The van der Waals surface area contributed by atoms with E-state index in [0.717, 1.165) is 0 Å². The molecule has 4 amide bonds. The van der Waals surface area contributed by atoms with Crippen molar-refractivity contribution in [2.75, 3.05) is 25.0 Å². The number of likely N-dealkylation sites (tertiary alicyclic amines) is 1. The third-order valence-corrected chi connectivity index (χ3v) is 5.63. The van der Waals surface area contributed by atoms with Crippen molar-refractivity contribution >= 4 is 35.1 Å². The molecule has 0 saturated carbocycles. The summed E-state index contributed by atoms with van der Waals surface area (Å²) in [6.07, 6.45) is 2.77. The van der Waals surface area contributed by atoms with Gasteiger partial charge in [0.15, 0.2) is 0 Å². The van der Waals surface area contributed by atoms with Crippen LogP contribution in [0.3, 0.4) is 0 Å². The summed E-state index contributed by atoms with van der Waals surface area (Å²) in [6.45, 7) is 4.89. The lowest BCUT2D eigenvalue weighted by molar-refractivity contribution is -0.124. The zero-order valence-corrected chi connectivity index (χ0v) is 18.5. The summed E-state index contributed by atoms with van der Waals surface area (Å²) in [6, 6.07) is 14.9. The second-order valence-corrected chi connectivity index (χ2v) is 8.05. The molecular weight excluding hydrogens is 428 g/mol. The SMILES string of the molecule is C=CCNC(=O)[C@@H](NC(=O)c1ccccc1)C1CCN(C(=O)Nc2cccc(Cl)c2)CC1. The van der Waals surface area contributed by atoms with Gasteiger partial charge in [0.05, 0.1) is 0 Å². The van der Waals surface area contributed by atoms with E-state index in [2.05, 4.69) is 22.5 Å². The third-order valence-electron chi connectivity index (χ3n) is 5.40. The van der Waals surface area contributed by atoms with E-state index < -0.39 is 6.04 Å². The van der Waals surface area contributed by atoms with Crippen LogP contribution in [-0.4, -0.2) is 48.4 Å². The molecule has 2 aromatic carbocycles. The highest BCUT2D eigenvalue weighted by Gasteiger charge is 2.33. The largest absolute Gasteiger partial charge is 0.351 e. The van der Waals surface area contributed by atoms with Crippen LogP contribution in [0.15, 0.2) is 67.3 Å². The Morgan fingerprint density at radius 1 is 1.09 bits per heavy atom. The fourth-order valence-corrected chi connectivity index (χ4v) is 3.89. The molecule has 32 heavy (non-hydrogen) atoms. The summed E-state index contributed by atoms with van der Waals surface area (Å²) >= 11 is 5.98. The van der Waals surface area contributed by atoms with Gasteiger partial charge in [-0.05, 0) is 49.1 Å². The molecule has 3 rings (SSSR count). The number of nitrogens with one attached hydrogen (secondary N) is 3. The number of carbonyl (C=O) groups excluding carboxylic acids is 3. The van der Waals surface area contributed by atoms with E-state index in [4.69, 9.17) is 11.6 Å². The summed E-state index contributed by atoms with van der Waals surface area (Å²) in [5, 5.41) is 9.05. The standard InChI is InChI=1S/C24H27ClN4O3/c1-2-13-26-23(31)21(28-22(30)18-7-4-3-5-8-18)17-11-14-29(15-12-17)24(32)27-20-10-6-9-19(25)16-20/h2-10,16-17,21H,1,11-15H2,(H,26,31)(H,27,32)(H,28,30)/t21-/m0/s1. The lowest BCUT2D eigenvalue weighted by atomic mass is 9.88. The molecule has 8 heteroatoms. The van der Waals surface area contributed by atoms with Gasteiger partial charge in [0.25, 0.3) is 5.91 Å². The Hall–Kier alpha value is -3.32. The van der Waals surface area contributed by atoms with Gasteiger partial charge >= 0.3 is 6.03 Å². The highest BCUT2D eigenvalue weighted by Crippen LogP contribution is 2.23. The third kappa shape index (κ3) is 6.34. The second-order valence-electron chi connectivity index (χ2n) is 7.62. The number of amides is 4. The average molecular weight is 455 g/mol. The number of halogens is 1. The smallest absolute Gasteiger partial charge is 0.321 e. The normalized spacial score (nSPS) is 14.8. The quantitative estimate of drug-likeness (QED) is 0.557. The minimum Gasteiger partial charge on any atom is -0.351 e. The number of nitrogens with zero attached hydrogens (tertiary/aromatic N) is 1. The van der Waals surface area contributed by atoms with Crippen molar-refractivity contribution < 1.29 is 14.4 Å². The molecule has 0 aliphatic carbocycles. The van der Waals surface area contributed by atoms with Crippen LogP contribution in [0.5, 0.6) is 0 Å². The predicted octanol–water partition coefficient (Wildman–Crippen LogP) is 3.68. The van der Waals surface area contributed by atoms with Crippen LogP contribution < -0.4 is 16.0 Å². The first kappa shape index (κ1) is 23.3. The van der Waals surface area contributed by atoms with Gasteiger partial charge in [-0.15, -0.1) is 6.58 Å². The van der Waals surface area contributed by atoms with Gasteiger partial charge in [-0.2, -0.15) is 0 Å². The molecule has 1 aliphatic rings. The van der Waals surface area contributed by atoms with Crippen LogP contribution >= 0.6 is 11.6 Å². The second kappa shape index (κ2) is 11.3. The summed E-state index contributed by atoms with van der Waals surface area (Å²) in [5.74, 6) is -0.649. The minimum atomic E-state index is -0.694. The maximum Gasteiger partial charge on any atom is 0.321 e. The van der Waals surface area contributed by atoms with Crippen LogP contribution in [0, 0.1) is 5.92 Å². The van der Waals surface area contributed by atoms with Crippen LogP contribution in [-0.2, 0) is 4.79 Å². The van der Waals surface area contributed by atoms with Gasteiger partial charge < -0.3 is 20.9 Å². The Morgan fingerprint density at radius 2 is 1.81 bits per heavy atom. The summed E-state index contributed by atoms with van der Waals surface area (Å²) in [4.78, 5) is 39.8. The highest BCUT2D eigenvalue weighted by molar-refractivity contribution is 6.30. The molecule has 2 aromatic rings. The molecule has 7 nitrogen and oxygen atoms in total. The van der Waals surface area contributed by atoms with Gasteiger partial charge in [0.1, 0.15) is 6.04 Å². The van der Waals surface area contributed by atoms with E-state index in [-0.39, 0.29) is 23.8 Å². The lowest BCUT2D eigenvalue weighted by Crippen LogP contribution is -2.54. The van der Waals surface area contributed by atoms with Crippen molar-refractivity contribution in [2.45, 2.75) is 18.9 Å². The molecule has 0 radical (unpaired) electrons. The molecule has 0 unspecified atom stereocenters. The van der Waals surface area contributed by atoms with Crippen LogP contribution in [0.25, 0.3) is 0 Å². The number of anilines is 1. The maximum atomic E-state index is 12.8. The fourth-order valence-electron chi connectivity index (χ4n) is 3.70. The number of carbonyl (C=O) groups is 3. The maximum absolute atomic E-state index is 12.8. The lowest BCUT2D eigenvalue weighted by Gasteiger charge is -2.35. The van der Waals surface area contributed by atoms with Gasteiger partial charge in [0, 0.05) is 35.9 Å². The number of hydrogen-bond donors (Lipinski definition) is 3. The van der Waals surface area contributed by atoms with Gasteiger partial charge in [0.2, 0.25) is 5.91 Å². The van der Waals surface area contributed by atoms with E-state index in [1.807, 2.05) is 6.07 Å². The average Bonchev–Trinajstić information content (AvgIpc) is 2.81. The summed E-state index contributed by atoms with van der Waals surface area (Å²) < 4.78 is 0. The number of urea groups is 1. The Kier molecular flexibility index (Phi) is 8.27. The first-order valence-electron chi connectivity index (χ1n) is 10.5. The summed E-state index contributed by atoms with van der Waals surface area (Å²) in [5.41, 5.74) is 1.12. The monoisotopic (exact) mass is 454 g/mol. The van der Waals surface area contributed by atoms with E-state index >= 15 is 0 Å². The Labute approximate surface area is 192 Å². The van der Waals surface area contributed by atoms with Crippen molar-refractivity contribution in [2.24, 2.45) is 5.92 Å². The van der Waals surface area contributed by atoms with Crippen molar-refractivity contribution in [3.05, 3.63) is 77.8 Å². The van der Waals surface area contributed by atoms with E-state index in [1.54, 1.807) is 59.5 Å². The van der Waals surface area contributed by atoms with E-state index in [1.165, 1.54) is 0 Å². The Bertz CT molecular complexity index is 959. The molecule has 1 aliphatic heterocycles. The fraction of sp³-hybridized carbons (Fsp3) is 0.292. The van der Waals surface area contributed by atoms with Crippen LogP contribution in [0.4, 0.5) is 10.5 Å². The zero-order valence-electron chi connectivity index (χ0n) is 17.7. The molecule has 1 fully saturated rings. The van der Waals surface area contributed by atoms with Crippen LogP contribution in [0.2, 0.25) is 5.02 Å². The van der Waals surface area contributed by atoms with E-state index in [9.17, 15) is 14.4 Å². The predicted molar refractivity (Wildman–Crippen MR) is 126 cm³/mol. The molecule has 3 N–H and O–H groups in total. The molecule has 0 spiro atoms. The molecule has 1 atom stereocenters. The first-order chi connectivity index (χ1) is 15.5. The Morgan fingerprint density at radius 3 is 2.47 bits per heavy atom. The molecule has 1 heterocycles. The Balaban J connectivity index is 1.62. The molecule has 0 bridgehead atoms. The van der Waals surface area contributed by atoms with Crippen molar-refractivity contribution in [1.29, 1.82) is 0 Å². The topological polar surface area (TPSA) is 90.5 Å². The van der Waals surface area contributed by atoms with Gasteiger partial charge in [-0.1, -0.05) is 41.9 Å². The van der Waals surface area contributed by atoms with Gasteiger partial charge in [-0.3, -0.25) is 9.59 Å². The molecule has 1 saturated heterocycles. The first-order valence-corrected chi connectivity index (χ1v) is 10.9. The molecule has 0 aromatic heterocycles. The van der Waals surface area contributed by atoms with Crippen molar-refractivity contribution in [3.8, 4) is 0 Å². The van der Waals surface area contributed by atoms with Crippen molar-refractivity contribution in [1.82, 2.24) is 15.5 Å². The number of hydrogen-bond acceptors (Lipinski definition) is 3. The molecular formula is C24H27ClN4O3. The highest BCUT2D eigenvalue weighted by atomic mass is 35.5. The summed E-state index contributed by atoms with van der Waals surface area (Å²) in [7, 11) is 0. The number of piperidine rings is 1. The van der Waals surface area contributed by atoms with E-state index in [0.29, 0.717) is 48.7 Å². The number of benzene rings is 2. The van der Waals surface area contributed by atoms with Gasteiger partial charge in [-0.25, -0.2) is 4.79 Å². The number of rotatable bonds is 7.